The van der Waals surface area contributed by atoms with Crippen LogP contribution in [0, 0.1) is 23.7 Å². The van der Waals surface area contributed by atoms with Gasteiger partial charge in [0.15, 0.2) is 0 Å². The quantitative estimate of drug-likeness (QED) is 0.0948. The number of carbonyl (C=O) groups excluding carboxylic acids is 4. The van der Waals surface area contributed by atoms with Gasteiger partial charge in [-0.3, -0.25) is 9.59 Å². The van der Waals surface area contributed by atoms with Crippen LogP contribution in [0.1, 0.15) is 49.7 Å². The van der Waals surface area contributed by atoms with Gasteiger partial charge in [0.2, 0.25) is 0 Å². The molecular formula is C42H42N2O8. The van der Waals surface area contributed by atoms with Crippen molar-refractivity contribution in [2.75, 3.05) is 13.1 Å². The minimum Gasteiger partial charge on any atom is -0.457 e. The summed E-state index contributed by atoms with van der Waals surface area (Å²) in [6.07, 6.45) is 3.30. The molecule has 0 bridgehead atoms. The second-order valence-electron chi connectivity index (χ2n) is 13.9. The summed E-state index contributed by atoms with van der Waals surface area (Å²) in [5.74, 6) is 0.260. The second kappa shape index (κ2) is 16.1. The van der Waals surface area contributed by atoms with E-state index < -0.39 is 36.0 Å². The molecule has 0 heterocycles. The summed E-state index contributed by atoms with van der Waals surface area (Å²) in [6.45, 7) is 1.47. The molecular weight excluding hydrogens is 660 g/mol. The highest BCUT2D eigenvalue weighted by Crippen LogP contribution is 2.37. The molecule has 268 valence electrons. The van der Waals surface area contributed by atoms with Gasteiger partial charge in [-0.1, -0.05) is 60.7 Å². The molecule has 0 aromatic heterocycles. The average Bonchev–Trinajstić information content (AvgIpc) is 4.07. The summed E-state index contributed by atoms with van der Waals surface area (Å²) in [5.41, 5.74) is 1.72. The molecule has 4 aromatic rings. The summed E-state index contributed by atoms with van der Waals surface area (Å²) < 4.78 is 22.5. The zero-order chi connectivity index (χ0) is 35.9. The first-order valence-corrected chi connectivity index (χ1v) is 18.0. The lowest BCUT2D eigenvalue weighted by atomic mass is 9.74. The zero-order valence-electron chi connectivity index (χ0n) is 28.9. The first kappa shape index (κ1) is 34.8. The van der Waals surface area contributed by atoms with Crippen molar-refractivity contribution >= 4 is 24.1 Å². The van der Waals surface area contributed by atoms with Crippen LogP contribution >= 0.6 is 0 Å². The second-order valence-corrected chi connectivity index (χ2v) is 13.9. The van der Waals surface area contributed by atoms with E-state index >= 15 is 0 Å². The topological polar surface area (TPSA) is 112 Å². The third-order valence-electron chi connectivity index (χ3n) is 9.67. The predicted molar refractivity (Wildman–Crippen MR) is 191 cm³/mol. The Labute approximate surface area is 303 Å². The van der Waals surface area contributed by atoms with Gasteiger partial charge in [-0.25, -0.2) is 9.59 Å². The highest BCUT2D eigenvalue weighted by Gasteiger charge is 2.46. The van der Waals surface area contributed by atoms with Gasteiger partial charge in [0.25, 0.3) is 0 Å². The van der Waals surface area contributed by atoms with Crippen molar-refractivity contribution < 1.29 is 38.1 Å². The smallest absolute Gasteiger partial charge is 0.417 e. The van der Waals surface area contributed by atoms with Gasteiger partial charge in [-0.15, -0.1) is 0 Å². The van der Waals surface area contributed by atoms with E-state index in [4.69, 9.17) is 18.9 Å². The predicted octanol–water partition coefficient (Wildman–Crippen LogP) is 8.75. The lowest BCUT2D eigenvalue weighted by molar-refractivity contribution is -0.161. The molecule has 3 fully saturated rings. The first-order chi connectivity index (χ1) is 25.4. The Morgan fingerprint density at radius 3 is 1.13 bits per heavy atom. The molecule has 3 aliphatic rings. The molecule has 2 unspecified atom stereocenters. The van der Waals surface area contributed by atoms with Gasteiger partial charge in [0.05, 0.1) is 11.8 Å². The van der Waals surface area contributed by atoms with Crippen LogP contribution in [0.15, 0.2) is 109 Å². The van der Waals surface area contributed by atoms with E-state index in [0.717, 1.165) is 48.3 Å². The van der Waals surface area contributed by atoms with Gasteiger partial charge in [0.1, 0.15) is 23.0 Å². The fraction of sp³-hybridized carbons (Fsp3) is 0.333. The minimum atomic E-state index is -0.851. The van der Waals surface area contributed by atoms with Crippen LogP contribution in [0.25, 0.3) is 0 Å². The normalized spacial score (nSPS) is 17.6. The summed E-state index contributed by atoms with van der Waals surface area (Å²) in [4.78, 5) is 56.0. The standard InChI is InChI=1S/C42H42N2O8/c45-39(51-41(47)43(25-29-11-12-29)27-31-15-19-35(20-16-31)49-33-7-3-1-4-8-33)37-23-24-38(37)40(46)52-42(48)44(26-30-13-14-30)28-32-17-21-36(22-18-32)50-34-9-5-2-6-10-34/h1-10,15-22,29-30,37-38H,11-14,23-28H2. The van der Waals surface area contributed by atoms with E-state index in [2.05, 4.69) is 0 Å². The number of hydrogen-bond donors (Lipinski definition) is 0. The maximum absolute atomic E-state index is 13.3. The highest BCUT2D eigenvalue weighted by molar-refractivity contribution is 5.93. The van der Waals surface area contributed by atoms with Gasteiger partial charge in [-0.2, -0.15) is 0 Å². The maximum atomic E-state index is 13.3. The molecule has 3 aliphatic carbocycles. The summed E-state index contributed by atoms with van der Waals surface area (Å²) in [5, 5.41) is 0. The maximum Gasteiger partial charge on any atom is 0.417 e. The zero-order valence-corrected chi connectivity index (χ0v) is 28.9. The number of amides is 2. The minimum absolute atomic E-state index is 0.262. The molecule has 10 nitrogen and oxygen atoms in total. The van der Waals surface area contributed by atoms with Crippen molar-refractivity contribution in [1.29, 1.82) is 0 Å². The number of nitrogens with zero attached hydrogens (tertiary/aromatic N) is 2. The number of para-hydroxylation sites is 2. The molecule has 10 heteroatoms. The van der Waals surface area contributed by atoms with Crippen LogP contribution in [0.4, 0.5) is 9.59 Å². The van der Waals surface area contributed by atoms with Crippen molar-refractivity contribution in [2.45, 2.75) is 51.6 Å². The van der Waals surface area contributed by atoms with E-state index in [1.807, 2.05) is 109 Å². The van der Waals surface area contributed by atoms with Gasteiger partial charge in [0, 0.05) is 26.2 Å². The monoisotopic (exact) mass is 702 g/mol. The molecule has 0 saturated heterocycles. The first-order valence-electron chi connectivity index (χ1n) is 18.0. The molecule has 0 aliphatic heterocycles. The third kappa shape index (κ3) is 9.57. The van der Waals surface area contributed by atoms with Crippen molar-refractivity contribution in [1.82, 2.24) is 9.80 Å². The van der Waals surface area contributed by atoms with Crippen LogP contribution < -0.4 is 9.47 Å². The molecule has 3 saturated carbocycles. The lowest BCUT2D eigenvalue weighted by Gasteiger charge is -2.33. The van der Waals surface area contributed by atoms with Crippen molar-refractivity contribution in [3.63, 3.8) is 0 Å². The number of hydrogen-bond acceptors (Lipinski definition) is 8. The molecule has 52 heavy (non-hydrogen) atoms. The number of esters is 2. The van der Waals surface area contributed by atoms with Crippen molar-refractivity contribution in [3.8, 4) is 23.0 Å². The van der Waals surface area contributed by atoms with Gasteiger partial charge in [-0.05, 0) is 110 Å². The SMILES string of the molecule is O=C(OC(=O)N(Cc1ccc(Oc2ccccc2)cc1)CC1CC1)C1CCC1C(=O)OC(=O)N(Cc1ccc(Oc2ccccc2)cc1)CC1CC1. The summed E-state index contributed by atoms with van der Waals surface area (Å²) in [6, 6.07) is 33.8. The van der Waals surface area contributed by atoms with E-state index in [1.165, 1.54) is 9.80 Å². The van der Waals surface area contributed by atoms with Crippen molar-refractivity contribution in [3.05, 3.63) is 120 Å². The molecule has 2 atom stereocenters. The van der Waals surface area contributed by atoms with Crippen molar-refractivity contribution in [2.24, 2.45) is 23.7 Å². The number of rotatable bonds is 14. The molecule has 7 rings (SSSR count). The van der Waals surface area contributed by atoms with E-state index in [-0.39, 0.29) is 13.1 Å². The van der Waals surface area contributed by atoms with Crippen LogP contribution in [-0.4, -0.2) is 47.0 Å². The Kier molecular flexibility index (Phi) is 10.8. The summed E-state index contributed by atoms with van der Waals surface area (Å²) >= 11 is 0. The van der Waals surface area contributed by atoms with Crippen LogP contribution in [0.3, 0.4) is 0 Å². The largest absolute Gasteiger partial charge is 0.457 e. The molecule has 0 radical (unpaired) electrons. The van der Waals surface area contributed by atoms with Gasteiger partial charge < -0.3 is 28.7 Å². The van der Waals surface area contributed by atoms with E-state index in [9.17, 15) is 19.2 Å². The molecule has 0 spiro atoms. The number of benzene rings is 4. The Bertz CT molecular complexity index is 1700. The Morgan fingerprint density at radius 2 is 0.808 bits per heavy atom. The molecule has 4 aromatic carbocycles. The van der Waals surface area contributed by atoms with Crippen LogP contribution in [0.2, 0.25) is 0 Å². The fourth-order valence-corrected chi connectivity index (χ4v) is 6.16. The highest BCUT2D eigenvalue weighted by atomic mass is 16.6. The average molecular weight is 703 g/mol. The fourth-order valence-electron chi connectivity index (χ4n) is 6.16. The third-order valence-corrected chi connectivity index (χ3v) is 9.67. The van der Waals surface area contributed by atoms with Crippen LogP contribution in [0.5, 0.6) is 23.0 Å². The van der Waals surface area contributed by atoms with E-state index in [0.29, 0.717) is 49.3 Å². The Hall–Kier alpha value is -5.64. The molecule has 0 N–H and O–H groups in total. The van der Waals surface area contributed by atoms with E-state index in [1.54, 1.807) is 0 Å². The number of ether oxygens (including phenoxy) is 4. The van der Waals surface area contributed by atoms with Crippen LogP contribution in [-0.2, 0) is 32.2 Å². The number of carbonyl (C=O) groups is 4. The Balaban J connectivity index is 0.914. The Morgan fingerprint density at radius 1 is 0.462 bits per heavy atom. The van der Waals surface area contributed by atoms with Gasteiger partial charge >= 0.3 is 24.1 Å². The molecule has 2 amide bonds. The summed E-state index contributed by atoms with van der Waals surface area (Å²) in [7, 11) is 0. The lowest BCUT2D eigenvalue weighted by Crippen LogP contribution is -2.44.